The van der Waals surface area contributed by atoms with Crippen LogP contribution in [-0.2, 0) is 14.3 Å². The molecule has 0 spiro atoms. The Morgan fingerprint density at radius 2 is 1.66 bits per heavy atom. The first-order valence-corrected chi connectivity index (χ1v) is 14.8. The Morgan fingerprint density at radius 3 is 2.32 bits per heavy atom. The number of carbonyl (C=O) groups is 2. The predicted octanol–water partition coefficient (Wildman–Crippen LogP) is 4.58. The molecule has 0 radical (unpaired) electrons. The Labute approximate surface area is 256 Å². The van der Waals surface area contributed by atoms with E-state index in [4.69, 9.17) is 14.6 Å². The summed E-state index contributed by atoms with van der Waals surface area (Å²) in [5, 5.41) is 4.87. The van der Waals surface area contributed by atoms with Gasteiger partial charge < -0.3 is 9.47 Å². The molecule has 1 atom stereocenters. The molecular formula is C34H28N4O5S. The topological polar surface area (TPSA) is 105 Å². The number of hydrogen-bond donors (Lipinski definition) is 0. The van der Waals surface area contributed by atoms with Gasteiger partial charge in [0.25, 0.3) is 5.56 Å². The fourth-order valence-electron chi connectivity index (χ4n) is 5.16. The third-order valence-electron chi connectivity index (χ3n) is 7.07. The highest BCUT2D eigenvalue weighted by Crippen LogP contribution is 2.32. The normalized spacial score (nSPS) is 14.6. The third-order valence-corrected chi connectivity index (χ3v) is 8.05. The second-order valence-electron chi connectivity index (χ2n) is 10.0. The van der Waals surface area contributed by atoms with E-state index in [2.05, 4.69) is 4.99 Å². The molecule has 0 fully saturated rings. The van der Waals surface area contributed by atoms with Gasteiger partial charge in [0, 0.05) is 24.2 Å². The van der Waals surface area contributed by atoms with Crippen LogP contribution in [0.2, 0.25) is 0 Å². The average molecular weight is 605 g/mol. The van der Waals surface area contributed by atoms with Crippen LogP contribution in [0.25, 0.3) is 23.0 Å². The molecule has 0 unspecified atom stereocenters. The van der Waals surface area contributed by atoms with Gasteiger partial charge in [0.15, 0.2) is 4.80 Å². The zero-order valence-corrected chi connectivity index (χ0v) is 25.1. The van der Waals surface area contributed by atoms with E-state index in [1.165, 1.54) is 22.8 Å². The third kappa shape index (κ3) is 5.55. The summed E-state index contributed by atoms with van der Waals surface area (Å²) in [6, 6.07) is 25.5. The van der Waals surface area contributed by atoms with Crippen LogP contribution in [0, 0.1) is 0 Å². The summed E-state index contributed by atoms with van der Waals surface area (Å²) in [5.74, 6) is -0.636. The average Bonchev–Trinajstić information content (AvgIpc) is 3.58. The largest absolute Gasteiger partial charge is 0.463 e. The van der Waals surface area contributed by atoms with Crippen molar-refractivity contribution in [1.82, 2.24) is 14.3 Å². The van der Waals surface area contributed by atoms with Crippen molar-refractivity contribution < 1.29 is 19.1 Å². The van der Waals surface area contributed by atoms with Gasteiger partial charge in [0.1, 0.15) is 5.75 Å². The number of ether oxygens (including phenoxy) is 2. The van der Waals surface area contributed by atoms with Crippen molar-refractivity contribution in [3.05, 3.63) is 133 Å². The molecule has 0 aliphatic carbocycles. The Morgan fingerprint density at radius 1 is 0.977 bits per heavy atom. The Balaban J connectivity index is 1.53. The number of aromatic nitrogens is 3. The zero-order valence-electron chi connectivity index (χ0n) is 24.3. The monoisotopic (exact) mass is 604 g/mol. The highest BCUT2D eigenvalue weighted by atomic mass is 32.1. The van der Waals surface area contributed by atoms with Gasteiger partial charge in [0.05, 0.1) is 39.8 Å². The highest BCUT2D eigenvalue weighted by Gasteiger charge is 2.33. The molecule has 3 heterocycles. The lowest BCUT2D eigenvalue weighted by atomic mass is 9.96. The molecule has 9 nitrogen and oxygen atoms in total. The minimum atomic E-state index is -0.792. The molecule has 0 saturated heterocycles. The van der Waals surface area contributed by atoms with Crippen LogP contribution in [0.4, 0.5) is 0 Å². The van der Waals surface area contributed by atoms with Crippen molar-refractivity contribution in [2.75, 3.05) is 6.61 Å². The van der Waals surface area contributed by atoms with Crippen LogP contribution in [-0.4, -0.2) is 32.9 Å². The summed E-state index contributed by atoms with van der Waals surface area (Å²) in [6.45, 7) is 4.96. The summed E-state index contributed by atoms with van der Waals surface area (Å²) in [6.07, 6.45) is 3.72. The van der Waals surface area contributed by atoms with E-state index in [0.717, 1.165) is 22.5 Å². The lowest BCUT2D eigenvalue weighted by Crippen LogP contribution is -2.39. The van der Waals surface area contributed by atoms with Crippen LogP contribution in [0.1, 0.15) is 37.9 Å². The second kappa shape index (κ2) is 12.1. The summed E-state index contributed by atoms with van der Waals surface area (Å²) in [4.78, 5) is 44.0. The Hall–Kier alpha value is -5.35. The zero-order chi connectivity index (χ0) is 30.8. The molecule has 220 valence electrons. The first kappa shape index (κ1) is 28.8. The minimum Gasteiger partial charge on any atom is -0.463 e. The quantitative estimate of drug-likeness (QED) is 0.199. The van der Waals surface area contributed by atoms with Crippen LogP contribution < -0.4 is 19.6 Å². The number of fused-ring (bicyclic) bond motifs is 1. The number of para-hydroxylation sites is 1. The first-order valence-electron chi connectivity index (χ1n) is 14.0. The van der Waals surface area contributed by atoms with Crippen molar-refractivity contribution in [2.45, 2.75) is 26.8 Å². The highest BCUT2D eigenvalue weighted by molar-refractivity contribution is 7.07. The van der Waals surface area contributed by atoms with Gasteiger partial charge in [-0.05, 0) is 49.8 Å². The Bertz CT molecular complexity index is 2080. The molecule has 1 aliphatic rings. The summed E-state index contributed by atoms with van der Waals surface area (Å²) < 4.78 is 14.3. The van der Waals surface area contributed by atoms with E-state index in [9.17, 15) is 14.4 Å². The van der Waals surface area contributed by atoms with Gasteiger partial charge in [0.2, 0.25) is 0 Å². The van der Waals surface area contributed by atoms with Crippen molar-refractivity contribution >= 4 is 29.4 Å². The number of hydrogen-bond acceptors (Lipinski definition) is 8. The second-order valence-corrected chi connectivity index (χ2v) is 11.1. The number of esters is 2. The molecule has 0 amide bonds. The molecule has 0 saturated carbocycles. The molecule has 44 heavy (non-hydrogen) atoms. The van der Waals surface area contributed by atoms with E-state index in [1.54, 1.807) is 42.8 Å². The standard InChI is InChI=1S/C34H28N4O5S/c1-4-42-33(41)29-21(2)35-34-38(31(29)24-15-17-27(18-16-24)43-22(3)39)32(40)28(44-34)19-25-20-37(26-13-9-6-10-14-26)36-30(25)23-11-7-5-8-12-23/h5-20,31H,4H2,1-3H3/t31-/m0/s1. The summed E-state index contributed by atoms with van der Waals surface area (Å²) in [5.41, 5.74) is 4.36. The maximum absolute atomic E-state index is 14.2. The molecule has 0 bridgehead atoms. The molecule has 3 aromatic carbocycles. The van der Waals surface area contributed by atoms with Crippen LogP contribution >= 0.6 is 11.3 Å². The predicted molar refractivity (Wildman–Crippen MR) is 167 cm³/mol. The van der Waals surface area contributed by atoms with Gasteiger partial charge >= 0.3 is 11.9 Å². The van der Waals surface area contributed by atoms with Crippen LogP contribution in [0.15, 0.2) is 112 Å². The maximum Gasteiger partial charge on any atom is 0.338 e. The van der Waals surface area contributed by atoms with Crippen LogP contribution in [0.3, 0.4) is 0 Å². The molecule has 10 heteroatoms. The summed E-state index contributed by atoms with van der Waals surface area (Å²) >= 11 is 1.24. The summed E-state index contributed by atoms with van der Waals surface area (Å²) in [7, 11) is 0. The van der Waals surface area contributed by atoms with Crippen molar-refractivity contribution in [2.24, 2.45) is 4.99 Å². The van der Waals surface area contributed by atoms with Crippen LogP contribution in [0.5, 0.6) is 5.75 Å². The molecule has 6 rings (SSSR count). The van der Waals surface area contributed by atoms with Gasteiger partial charge in [-0.1, -0.05) is 72.0 Å². The smallest absolute Gasteiger partial charge is 0.338 e. The van der Waals surface area contributed by atoms with Gasteiger partial charge in [-0.3, -0.25) is 14.2 Å². The number of thiazole rings is 1. The number of nitrogens with zero attached hydrogens (tertiary/aromatic N) is 4. The molecule has 2 aromatic heterocycles. The lowest BCUT2D eigenvalue weighted by molar-refractivity contribution is -0.139. The number of allylic oxidation sites excluding steroid dienone is 1. The fourth-order valence-corrected chi connectivity index (χ4v) is 6.20. The van der Waals surface area contributed by atoms with E-state index in [-0.39, 0.29) is 17.7 Å². The van der Waals surface area contributed by atoms with Gasteiger partial charge in [-0.2, -0.15) is 5.10 Å². The molecule has 0 N–H and O–H groups in total. The van der Waals surface area contributed by atoms with E-state index in [1.807, 2.05) is 72.9 Å². The van der Waals surface area contributed by atoms with E-state index < -0.39 is 18.0 Å². The molecule has 1 aliphatic heterocycles. The lowest BCUT2D eigenvalue weighted by Gasteiger charge is -2.24. The maximum atomic E-state index is 14.2. The molecule has 5 aromatic rings. The fraction of sp³-hybridized carbons (Fsp3) is 0.147. The first-order chi connectivity index (χ1) is 21.3. The number of carbonyl (C=O) groups excluding carboxylic acids is 2. The number of benzene rings is 3. The van der Waals surface area contributed by atoms with Crippen molar-refractivity contribution in [1.29, 1.82) is 0 Å². The van der Waals surface area contributed by atoms with E-state index in [0.29, 0.717) is 26.3 Å². The molecular weight excluding hydrogens is 576 g/mol. The van der Waals surface area contributed by atoms with Gasteiger partial charge in [-0.15, -0.1) is 0 Å². The SMILES string of the molecule is CCOC(=O)C1=C(C)N=c2sc(=Cc3cn(-c4ccccc4)nc3-c3ccccc3)c(=O)n2[C@H]1c1ccc(OC(C)=O)cc1. The van der Waals surface area contributed by atoms with Gasteiger partial charge in [-0.25, -0.2) is 14.5 Å². The minimum absolute atomic E-state index is 0.172. The van der Waals surface area contributed by atoms with Crippen molar-refractivity contribution in [3.63, 3.8) is 0 Å². The van der Waals surface area contributed by atoms with E-state index >= 15 is 0 Å². The number of rotatable bonds is 7. The van der Waals surface area contributed by atoms with Crippen molar-refractivity contribution in [3.8, 4) is 22.7 Å². The Kier molecular flexibility index (Phi) is 7.91.